The van der Waals surface area contributed by atoms with Crippen LogP contribution in [0.25, 0.3) is 22.0 Å². The SMILES string of the molecule is CCOC=Cc1cc2ncn(-c3ccc(OCCN4CCCC4)c(F)c3)c(=O)c2s1. The minimum atomic E-state index is -0.493. The Labute approximate surface area is 178 Å². The van der Waals surface area contributed by atoms with Crippen LogP contribution in [0.2, 0.25) is 0 Å². The molecule has 1 aliphatic heterocycles. The minimum Gasteiger partial charge on any atom is -0.501 e. The van der Waals surface area contributed by atoms with Crippen molar-refractivity contribution in [3.63, 3.8) is 0 Å². The molecule has 2 aromatic heterocycles. The number of benzene rings is 1. The van der Waals surface area contributed by atoms with Gasteiger partial charge in [0.25, 0.3) is 5.56 Å². The van der Waals surface area contributed by atoms with Crippen LogP contribution in [-0.2, 0) is 4.74 Å². The molecular weight excluding hydrogens is 405 g/mol. The fourth-order valence-corrected chi connectivity index (χ4v) is 4.39. The van der Waals surface area contributed by atoms with E-state index in [9.17, 15) is 9.18 Å². The molecule has 8 heteroatoms. The predicted molar refractivity (Wildman–Crippen MR) is 117 cm³/mol. The normalized spacial score (nSPS) is 14.7. The number of halogens is 1. The molecule has 1 aliphatic rings. The van der Waals surface area contributed by atoms with Crippen LogP contribution in [0.3, 0.4) is 0 Å². The third-order valence-corrected chi connectivity index (χ3v) is 6.09. The van der Waals surface area contributed by atoms with Crippen molar-refractivity contribution < 1.29 is 13.9 Å². The van der Waals surface area contributed by atoms with E-state index in [4.69, 9.17) is 9.47 Å². The number of likely N-dealkylation sites (tertiary alicyclic amines) is 1. The van der Waals surface area contributed by atoms with Gasteiger partial charge in [-0.2, -0.15) is 0 Å². The average molecular weight is 430 g/mol. The van der Waals surface area contributed by atoms with Crippen LogP contribution in [0.5, 0.6) is 5.75 Å². The van der Waals surface area contributed by atoms with Gasteiger partial charge in [0.05, 0.1) is 24.1 Å². The Morgan fingerprint density at radius 2 is 2.10 bits per heavy atom. The molecule has 4 rings (SSSR count). The average Bonchev–Trinajstić information content (AvgIpc) is 3.40. The third kappa shape index (κ3) is 4.55. The number of hydrogen-bond donors (Lipinski definition) is 0. The summed E-state index contributed by atoms with van der Waals surface area (Å²) in [4.78, 5) is 20.4. The number of hydrogen-bond acceptors (Lipinski definition) is 6. The molecule has 1 aromatic carbocycles. The lowest BCUT2D eigenvalue weighted by Crippen LogP contribution is -2.25. The van der Waals surface area contributed by atoms with E-state index in [-0.39, 0.29) is 11.3 Å². The standard InChI is InChI=1S/C22H24FN3O3S/c1-2-28-11-7-17-14-19-21(30-17)22(27)26(15-24-19)16-5-6-20(18(23)13-16)29-12-10-25-8-3-4-9-25/h5-7,11,13-15H,2-4,8-10,12H2,1H3. The zero-order valence-electron chi connectivity index (χ0n) is 16.8. The van der Waals surface area contributed by atoms with Crippen LogP contribution in [0.1, 0.15) is 24.6 Å². The molecule has 0 unspecified atom stereocenters. The quantitative estimate of drug-likeness (QED) is 0.506. The van der Waals surface area contributed by atoms with E-state index >= 15 is 0 Å². The third-order valence-electron chi connectivity index (χ3n) is 5.01. The van der Waals surface area contributed by atoms with Crippen molar-refractivity contribution in [2.24, 2.45) is 0 Å². The lowest BCUT2D eigenvalue weighted by molar-refractivity contribution is 0.231. The first-order valence-electron chi connectivity index (χ1n) is 10.1. The van der Waals surface area contributed by atoms with Gasteiger partial charge >= 0.3 is 0 Å². The summed E-state index contributed by atoms with van der Waals surface area (Å²) in [7, 11) is 0. The highest BCUT2D eigenvalue weighted by Crippen LogP contribution is 2.24. The Morgan fingerprint density at radius 3 is 2.87 bits per heavy atom. The number of rotatable bonds is 8. The maximum absolute atomic E-state index is 14.6. The monoisotopic (exact) mass is 429 g/mol. The molecule has 158 valence electrons. The van der Waals surface area contributed by atoms with Gasteiger partial charge in [-0.05, 0) is 57.1 Å². The van der Waals surface area contributed by atoms with Gasteiger partial charge in [0.15, 0.2) is 11.6 Å². The van der Waals surface area contributed by atoms with Crippen molar-refractivity contribution in [2.75, 3.05) is 32.8 Å². The topological polar surface area (TPSA) is 56.6 Å². The molecule has 3 aromatic rings. The Bertz CT molecular complexity index is 1100. The number of nitrogens with zero attached hydrogens (tertiary/aromatic N) is 3. The van der Waals surface area contributed by atoms with Crippen LogP contribution >= 0.6 is 11.3 Å². The van der Waals surface area contributed by atoms with Crippen molar-refractivity contribution in [2.45, 2.75) is 19.8 Å². The summed E-state index contributed by atoms with van der Waals surface area (Å²) in [5, 5.41) is 0. The van der Waals surface area contributed by atoms with Crippen LogP contribution in [-0.4, -0.2) is 47.3 Å². The summed E-state index contributed by atoms with van der Waals surface area (Å²) in [5.74, 6) is -0.299. The Morgan fingerprint density at radius 1 is 1.27 bits per heavy atom. The van der Waals surface area contributed by atoms with Gasteiger partial charge in [-0.3, -0.25) is 14.3 Å². The molecule has 0 atom stereocenters. The molecule has 3 heterocycles. The largest absolute Gasteiger partial charge is 0.501 e. The van der Waals surface area contributed by atoms with Crippen molar-refractivity contribution in [3.05, 3.63) is 57.9 Å². The molecule has 0 radical (unpaired) electrons. The summed E-state index contributed by atoms with van der Waals surface area (Å²) >= 11 is 1.33. The van der Waals surface area contributed by atoms with Gasteiger partial charge in [0.2, 0.25) is 0 Å². The number of thiophene rings is 1. The second-order valence-electron chi connectivity index (χ2n) is 7.05. The Kier molecular flexibility index (Phi) is 6.44. The summed E-state index contributed by atoms with van der Waals surface area (Å²) in [6.07, 6.45) is 7.25. The molecule has 0 amide bonds. The summed E-state index contributed by atoms with van der Waals surface area (Å²) in [6, 6.07) is 6.38. The van der Waals surface area contributed by atoms with E-state index in [0.29, 0.717) is 29.1 Å². The molecule has 0 spiro atoms. The van der Waals surface area contributed by atoms with E-state index in [1.165, 1.54) is 41.1 Å². The second-order valence-corrected chi connectivity index (χ2v) is 8.14. The molecule has 6 nitrogen and oxygen atoms in total. The van der Waals surface area contributed by atoms with Gasteiger partial charge < -0.3 is 9.47 Å². The van der Waals surface area contributed by atoms with Gasteiger partial charge in [-0.25, -0.2) is 9.37 Å². The van der Waals surface area contributed by atoms with Crippen molar-refractivity contribution >= 4 is 27.6 Å². The highest BCUT2D eigenvalue weighted by molar-refractivity contribution is 7.19. The van der Waals surface area contributed by atoms with E-state index in [0.717, 1.165) is 24.5 Å². The second kappa shape index (κ2) is 9.40. The first-order chi connectivity index (χ1) is 14.7. The number of ether oxygens (including phenoxy) is 2. The van der Waals surface area contributed by atoms with E-state index in [1.807, 2.05) is 13.0 Å². The maximum atomic E-state index is 14.6. The molecule has 30 heavy (non-hydrogen) atoms. The maximum Gasteiger partial charge on any atom is 0.275 e. The van der Waals surface area contributed by atoms with Crippen LogP contribution in [0, 0.1) is 5.82 Å². The lowest BCUT2D eigenvalue weighted by atomic mass is 10.3. The zero-order valence-corrected chi connectivity index (χ0v) is 17.7. The minimum absolute atomic E-state index is 0.194. The molecule has 0 saturated carbocycles. The summed E-state index contributed by atoms with van der Waals surface area (Å²) in [5.41, 5.74) is 0.793. The smallest absolute Gasteiger partial charge is 0.275 e. The lowest BCUT2D eigenvalue weighted by Gasteiger charge is -2.15. The fraction of sp³-hybridized carbons (Fsp3) is 0.364. The molecule has 1 fully saturated rings. The fourth-order valence-electron chi connectivity index (χ4n) is 3.46. The van der Waals surface area contributed by atoms with Crippen molar-refractivity contribution in [3.8, 4) is 11.4 Å². The van der Waals surface area contributed by atoms with Gasteiger partial charge in [-0.1, -0.05) is 0 Å². The van der Waals surface area contributed by atoms with Crippen molar-refractivity contribution in [1.29, 1.82) is 0 Å². The number of fused-ring (bicyclic) bond motifs is 1. The first kappa shape index (κ1) is 20.6. The molecule has 0 N–H and O–H groups in total. The van der Waals surface area contributed by atoms with Crippen LogP contribution < -0.4 is 10.3 Å². The number of aromatic nitrogens is 2. The summed E-state index contributed by atoms with van der Waals surface area (Å²) in [6.45, 7) is 5.87. The molecular formula is C22H24FN3O3S. The summed E-state index contributed by atoms with van der Waals surface area (Å²) < 4.78 is 27.2. The van der Waals surface area contributed by atoms with Crippen LogP contribution in [0.4, 0.5) is 4.39 Å². The predicted octanol–water partition coefficient (Wildman–Crippen LogP) is 4.07. The Balaban J connectivity index is 1.52. The highest BCUT2D eigenvalue weighted by atomic mass is 32.1. The molecule has 1 saturated heterocycles. The van der Waals surface area contributed by atoms with Gasteiger partial charge in [0, 0.05) is 17.5 Å². The van der Waals surface area contributed by atoms with Crippen LogP contribution in [0.15, 0.2) is 41.6 Å². The zero-order chi connectivity index (χ0) is 20.9. The highest BCUT2D eigenvalue weighted by Gasteiger charge is 2.14. The van der Waals surface area contributed by atoms with E-state index < -0.39 is 5.82 Å². The van der Waals surface area contributed by atoms with Crippen molar-refractivity contribution in [1.82, 2.24) is 14.5 Å². The molecule has 0 aliphatic carbocycles. The molecule has 0 bridgehead atoms. The van der Waals surface area contributed by atoms with Gasteiger partial charge in [0.1, 0.15) is 17.6 Å². The van der Waals surface area contributed by atoms with E-state index in [2.05, 4.69) is 9.88 Å². The van der Waals surface area contributed by atoms with Gasteiger partial charge in [-0.15, -0.1) is 11.3 Å². The Hall–Kier alpha value is -2.71. The van der Waals surface area contributed by atoms with E-state index in [1.54, 1.807) is 24.5 Å². The first-order valence-corrected chi connectivity index (χ1v) is 10.9.